The Morgan fingerprint density at radius 3 is 2.37 bits per heavy atom. The van der Waals surface area contributed by atoms with Gasteiger partial charge in [-0.2, -0.15) is 0 Å². The first-order valence-electron chi connectivity index (χ1n) is 5.39. The van der Waals surface area contributed by atoms with Crippen LogP contribution in [0.1, 0.15) is 6.92 Å². The Labute approximate surface area is 112 Å². The van der Waals surface area contributed by atoms with E-state index < -0.39 is 7.25 Å². The first kappa shape index (κ1) is 15.5. The van der Waals surface area contributed by atoms with Crippen molar-refractivity contribution in [3.63, 3.8) is 0 Å². The van der Waals surface area contributed by atoms with Crippen molar-refractivity contribution in [1.82, 2.24) is 10.1 Å². The number of hydrogen-bond donors (Lipinski definition) is 1. The highest BCUT2D eigenvalue weighted by atomic mass is 35.5. The topological polar surface area (TPSA) is 32.6 Å². The monoisotopic (exact) mass is 295 g/mol. The van der Waals surface area contributed by atoms with Gasteiger partial charge in [0.2, 0.25) is 0 Å². The van der Waals surface area contributed by atoms with E-state index in [-0.39, 0.29) is 0 Å². The first-order valence-corrected chi connectivity index (χ1v) is 5.77. The zero-order valence-electron chi connectivity index (χ0n) is 9.96. The van der Waals surface area contributed by atoms with Gasteiger partial charge in [-0.05, 0) is 36.7 Å². The third-order valence-corrected chi connectivity index (χ3v) is 2.35. The fourth-order valence-electron chi connectivity index (χ4n) is 1.30. The minimum absolute atomic E-state index is 0.655. The van der Waals surface area contributed by atoms with Crippen LogP contribution in [0, 0.1) is 0 Å². The van der Waals surface area contributed by atoms with Crippen LogP contribution in [0.2, 0.25) is 5.15 Å². The Hall–Kier alpha value is -1.57. The number of rotatable bonds is 2. The average Bonchev–Trinajstić information content (AvgIpc) is 2.81. The molecule has 0 spiro atoms. The normalized spacial score (nSPS) is 10.8. The molecule has 0 fully saturated rings. The van der Waals surface area contributed by atoms with Crippen molar-refractivity contribution in [3.8, 4) is 11.4 Å². The second-order valence-electron chi connectivity index (χ2n) is 3.44. The van der Waals surface area contributed by atoms with Gasteiger partial charge in [0.15, 0.2) is 12.2 Å². The third-order valence-electron chi connectivity index (χ3n) is 2.03. The summed E-state index contributed by atoms with van der Waals surface area (Å²) in [7, 11) is -6.00. The van der Waals surface area contributed by atoms with Crippen LogP contribution in [-0.4, -0.2) is 17.3 Å². The predicted molar refractivity (Wildman–Crippen MR) is 65.1 cm³/mol. The summed E-state index contributed by atoms with van der Waals surface area (Å²) < 4.78 is 40.8. The Balaban J connectivity index is 0.000000312. The molecular weight excluding hydrogens is 284 g/mol. The van der Waals surface area contributed by atoms with Crippen molar-refractivity contribution in [2.45, 2.75) is 13.5 Å². The maximum absolute atomic E-state index is 9.75. The van der Waals surface area contributed by atoms with Crippen molar-refractivity contribution >= 4 is 18.9 Å². The van der Waals surface area contributed by atoms with E-state index in [0.29, 0.717) is 5.15 Å². The fraction of sp³-hybridized carbons (Fsp3) is 0.200. The molecule has 0 amide bonds. The molecule has 9 heteroatoms. The molecule has 0 aliphatic heterocycles. The quantitative estimate of drug-likeness (QED) is 0.514. The van der Waals surface area contributed by atoms with E-state index in [1.165, 1.54) is 0 Å². The van der Waals surface area contributed by atoms with Crippen LogP contribution < -0.4 is 4.68 Å². The average molecular weight is 295 g/mol. The van der Waals surface area contributed by atoms with E-state index >= 15 is 0 Å². The number of hydrogen-bond acceptors (Lipinski definition) is 1. The van der Waals surface area contributed by atoms with Crippen molar-refractivity contribution in [3.05, 3.63) is 35.6 Å². The van der Waals surface area contributed by atoms with E-state index in [4.69, 9.17) is 11.6 Å². The summed E-state index contributed by atoms with van der Waals surface area (Å²) >= 11 is 5.95. The molecule has 0 atom stereocenters. The molecule has 0 radical (unpaired) electrons. The number of aromatic nitrogens is 3. The molecule has 0 saturated heterocycles. The van der Waals surface area contributed by atoms with Gasteiger partial charge in [-0.1, -0.05) is 4.68 Å². The van der Waals surface area contributed by atoms with E-state index in [2.05, 4.69) is 10.1 Å². The van der Waals surface area contributed by atoms with Crippen molar-refractivity contribution < 1.29 is 21.9 Å². The molecule has 0 saturated carbocycles. The fourth-order valence-corrected chi connectivity index (χ4v) is 1.52. The summed E-state index contributed by atoms with van der Waals surface area (Å²) in [5.74, 6) is 0. The molecule has 1 N–H and O–H groups in total. The van der Waals surface area contributed by atoms with Gasteiger partial charge in [0, 0.05) is 17.4 Å². The van der Waals surface area contributed by atoms with Crippen LogP contribution in [0.4, 0.5) is 17.3 Å². The number of aromatic amines is 1. The van der Waals surface area contributed by atoms with Crippen LogP contribution in [0.15, 0.2) is 30.5 Å². The first-order chi connectivity index (χ1) is 8.81. The molecule has 0 aromatic carbocycles. The minimum atomic E-state index is -6.00. The molecule has 2 aromatic heterocycles. The highest BCUT2D eigenvalue weighted by Crippen LogP contribution is 2.13. The largest absolute Gasteiger partial charge is 0.673 e. The van der Waals surface area contributed by atoms with Gasteiger partial charge in [0.25, 0.3) is 0 Å². The lowest BCUT2D eigenvalue weighted by molar-refractivity contribution is -0.747. The summed E-state index contributed by atoms with van der Waals surface area (Å²) in [4.78, 5) is 3.11. The Kier molecular flexibility index (Phi) is 5.35. The van der Waals surface area contributed by atoms with Gasteiger partial charge in [-0.3, -0.25) is 0 Å². The molecule has 104 valence electrons. The Bertz CT molecular complexity index is 510. The van der Waals surface area contributed by atoms with E-state index in [1.54, 1.807) is 4.68 Å². The lowest BCUT2D eigenvalue weighted by atomic mass is 10.3. The number of aryl methyl sites for hydroxylation is 1. The summed E-state index contributed by atoms with van der Waals surface area (Å²) in [5.41, 5.74) is 1.91. The van der Waals surface area contributed by atoms with Crippen LogP contribution >= 0.6 is 11.6 Å². The Morgan fingerprint density at radius 1 is 1.26 bits per heavy atom. The smallest absolute Gasteiger partial charge is 0.418 e. The van der Waals surface area contributed by atoms with Crippen molar-refractivity contribution in [2.24, 2.45) is 0 Å². The minimum Gasteiger partial charge on any atom is -0.418 e. The molecule has 3 nitrogen and oxygen atoms in total. The number of nitrogens with one attached hydrogen (secondary N) is 1. The van der Waals surface area contributed by atoms with Gasteiger partial charge >= 0.3 is 12.4 Å². The SMILES string of the molecule is CC[n+]1nc(-c2ccc[nH]2)ccc1Cl.F[B-](F)(F)F. The zero-order chi connectivity index (χ0) is 14.5. The summed E-state index contributed by atoms with van der Waals surface area (Å²) in [6, 6.07) is 7.69. The lowest BCUT2D eigenvalue weighted by Gasteiger charge is -1.96. The van der Waals surface area contributed by atoms with Gasteiger partial charge in [-0.25, -0.2) is 0 Å². The molecule has 2 aromatic rings. The second-order valence-corrected chi connectivity index (χ2v) is 3.82. The molecule has 0 unspecified atom stereocenters. The summed E-state index contributed by atoms with van der Waals surface area (Å²) in [5, 5.41) is 5.04. The highest BCUT2D eigenvalue weighted by molar-refractivity contribution is 6.50. The van der Waals surface area contributed by atoms with Crippen LogP contribution in [0.3, 0.4) is 0 Å². The van der Waals surface area contributed by atoms with Gasteiger partial charge in [0.1, 0.15) is 0 Å². The molecule has 0 aliphatic rings. The summed E-state index contributed by atoms with van der Waals surface area (Å²) in [6.45, 7) is 2.78. The molecule has 0 bridgehead atoms. The maximum atomic E-state index is 9.75. The molecule has 2 rings (SSSR count). The maximum Gasteiger partial charge on any atom is 0.673 e. The molecule has 0 aliphatic carbocycles. The van der Waals surface area contributed by atoms with Gasteiger partial charge in [-0.15, -0.1) is 0 Å². The lowest BCUT2D eigenvalue weighted by Crippen LogP contribution is -2.38. The van der Waals surface area contributed by atoms with Crippen molar-refractivity contribution in [2.75, 3.05) is 0 Å². The number of halogens is 5. The van der Waals surface area contributed by atoms with Gasteiger partial charge < -0.3 is 22.2 Å². The summed E-state index contributed by atoms with van der Waals surface area (Å²) in [6.07, 6.45) is 1.88. The third kappa shape index (κ3) is 5.74. The van der Waals surface area contributed by atoms with Crippen molar-refractivity contribution in [1.29, 1.82) is 0 Å². The molecule has 19 heavy (non-hydrogen) atoms. The van der Waals surface area contributed by atoms with Crippen LogP contribution in [-0.2, 0) is 6.54 Å². The number of H-pyrrole nitrogens is 1. The second kappa shape index (κ2) is 6.56. The van der Waals surface area contributed by atoms with Gasteiger partial charge in [0.05, 0.1) is 5.69 Å². The number of nitrogens with zero attached hydrogens (tertiary/aromatic N) is 2. The molecule has 2 heterocycles. The predicted octanol–water partition coefficient (Wildman–Crippen LogP) is 3.34. The van der Waals surface area contributed by atoms with Crippen LogP contribution in [0.5, 0.6) is 0 Å². The highest BCUT2D eigenvalue weighted by Gasteiger charge is 2.20. The van der Waals surface area contributed by atoms with E-state index in [0.717, 1.165) is 17.9 Å². The van der Waals surface area contributed by atoms with Crippen LogP contribution in [0.25, 0.3) is 11.4 Å². The zero-order valence-corrected chi connectivity index (χ0v) is 10.7. The van der Waals surface area contributed by atoms with E-state index in [1.807, 2.05) is 37.4 Å². The van der Waals surface area contributed by atoms with E-state index in [9.17, 15) is 17.3 Å². The Morgan fingerprint density at radius 2 is 1.89 bits per heavy atom. The molecular formula is C10H11BClF4N3. The standard InChI is InChI=1S/C10H11ClN3.BF4/c1-2-14-10(11)6-5-9(13-14)8-4-3-7-12-8;2-1(3,4)5/h3-7,12H,2H2,1H3;/q+1;-1.